The molecule has 0 bridgehead atoms. The molecule has 22 heavy (non-hydrogen) atoms. The molecule has 0 spiro atoms. The van der Waals surface area contributed by atoms with E-state index in [4.69, 9.17) is 0 Å². The van der Waals surface area contributed by atoms with E-state index in [0.717, 1.165) is 27.7 Å². The minimum Gasteiger partial charge on any atom is -0.477 e. The number of carbonyl (C=O) groups is 1. The highest BCUT2D eigenvalue weighted by Gasteiger charge is 2.13. The molecule has 0 saturated heterocycles. The first-order chi connectivity index (χ1) is 10.5. The molecule has 0 aliphatic rings. The zero-order chi connectivity index (χ0) is 15.9. The number of aromatic carboxylic acids is 1. The Morgan fingerprint density at radius 1 is 1.09 bits per heavy atom. The molecule has 2 aromatic carbocycles. The third kappa shape index (κ3) is 2.22. The number of hydrogen-bond donors (Lipinski definition) is 1. The predicted octanol–water partition coefficient (Wildman–Crippen LogP) is 3.61. The molecule has 1 heterocycles. The fourth-order valence-electron chi connectivity index (χ4n) is 2.83. The first-order valence-corrected chi connectivity index (χ1v) is 7.08. The van der Waals surface area contributed by atoms with Crippen molar-refractivity contribution in [1.82, 2.24) is 4.57 Å². The maximum absolute atomic E-state index is 11.3. The Labute approximate surface area is 129 Å². The van der Waals surface area contributed by atoms with Crippen molar-refractivity contribution in [3.8, 4) is 11.1 Å². The number of hydrogen-bond acceptors (Lipinski definition) is 2. The Balaban J connectivity index is 2.20. The number of aromatic nitrogens is 1. The van der Waals surface area contributed by atoms with Gasteiger partial charge in [0, 0.05) is 43.3 Å². The van der Waals surface area contributed by atoms with E-state index in [1.165, 1.54) is 0 Å². The molecule has 1 aromatic heterocycles. The van der Waals surface area contributed by atoms with Gasteiger partial charge in [-0.2, -0.15) is 0 Å². The van der Waals surface area contributed by atoms with Gasteiger partial charge in [-0.25, -0.2) is 4.79 Å². The summed E-state index contributed by atoms with van der Waals surface area (Å²) in [6.07, 6.45) is 0. The summed E-state index contributed by atoms with van der Waals surface area (Å²) in [5.74, 6) is -0.908. The lowest BCUT2D eigenvalue weighted by molar-refractivity contribution is 0.0687. The molecule has 0 saturated carbocycles. The number of anilines is 1. The molecule has 4 heteroatoms. The average Bonchev–Trinajstić information content (AvgIpc) is 2.84. The van der Waals surface area contributed by atoms with Gasteiger partial charge in [-0.1, -0.05) is 24.3 Å². The zero-order valence-corrected chi connectivity index (χ0v) is 12.9. The van der Waals surface area contributed by atoms with E-state index < -0.39 is 5.97 Å². The Morgan fingerprint density at radius 3 is 2.50 bits per heavy atom. The number of carboxylic acid groups (broad SMARTS) is 1. The Kier molecular flexibility index (Phi) is 3.37. The summed E-state index contributed by atoms with van der Waals surface area (Å²) in [4.78, 5) is 13.3. The molecule has 0 fully saturated rings. The zero-order valence-electron chi connectivity index (χ0n) is 12.9. The van der Waals surface area contributed by atoms with E-state index in [-0.39, 0.29) is 0 Å². The quantitative estimate of drug-likeness (QED) is 0.802. The van der Waals surface area contributed by atoms with Crippen LogP contribution in [-0.2, 0) is 7.05 Å². The van der Waals surface area contributed by atoms with E-state index in [0.29, 0.717) is 5.69 Å². The van der Waals surface area contributed by atoms with Crippen LogP contribution < -0.4 is 4.90 Å². The molecule has 0 aliphatic heterocycles. The predicted molar refractivity (Wildman–Crippen MR) is 89.6 cm³/mol. The van der Waals surface area contributed by atoms with E-state index in [1.54, 1.807) is 17.7 Å². The molecular weight excluding hydrogens is 276 g/mol. The third-order valence-electron chi connectivity index (χ3n) is 3.96. The maximum atomic E-state index is 11.3. The number of fused-ring (bicyclic) bond motifs is 1. The van der Waals surface area contributed by atoms with Gasteiger partial charge in [0.1, 0.15) is 5.69 Å². The van der Waals surface area contributed by atoms with Crippen LogP contribution >= 0.6 is 0 Å². The van der Waals surface area contributed by atoms with Crippen LogP contribution in [0.4, 0.5) is 5.69 Å². The smallest absolute Gasteiger partial charge is 0.352 e. The first kappa shape index (κ1) is 14.2. The summed E-state index contributed by atoms with van der Waals surface area (Å²) in [6, 6.07) is 16.0. The van der Waals surface area contributed by atoms with Crippen molar-refractivity contribution in [1.29, 1.82) is 0 Å². The number of nitrogens with zero attached hydrogens (tertiary/aromatic N) is 2. The Hall–Kier alpha value is -2.75. The van der Waals surface area contributed by atoms with E-state index in [2.05, 4.69) is 17.0 Å². The fraction of sp³-hybridized carbons (Fsp3) is 0.167. The fourth-order valence-corrected chi connectivity index (χ4v) is 2.83. The molecule has 0 atom stereocenters. The van der Waals surface area contributed by atoms with Gasteiger partial charge in [0.15, 0.2) is 0 Å². The van der Waals surface area contributed by atoms with E-state index >= 15 is 0 Å². The minimum atomic E-state index is -0.908. The second-order valence-corrected chi connectivity index (χ2v) is 5.58. The summed E-state index contributed by atoms with van der Waals surface area (Å²) in [7, 11) is 5.81. The summed E-state index contributed by atoms with van der Waals surface area (Å²) in [5.41, 5.74) is 4.57. The number of rotatable bonds is 3. The Morgan fingerprint density at radius 2 is 1.82 bits per heavy atom. The minimum absolute atomic E-state index is 0.299. The highest BCUT2D eigenvalue weighted by atomic mass is 16.4. The van der Waals surface area contributed by atoms with Crippen LogP contribution in [0.15, 0.2) is 48.5 Å². The largest absolute Gasteiger partial charge is 0.477 e. The van der Waals surface area contributed by atoms with Crippen molar-refractivity contribution in [2.45, 2.75) is 0 Å². The van der Waals surface area contributed by atoms with Crippen LogP contribution in [0.3, 0.4) is 0 Å². The number of carboxylic acids is 1. The molecule has 0 aliphatic carbocycles. The van der Waals surface area contributed by atoms with Crippen LogP contribution in [0.2, 0.25) is 0 Å². The average molecular weight is 294 g/mol. The summed E-state index contributed by atoms with van der Waals surface area (Å²) in [6.45, 7) is 0. The van der Waals surface area contributed by atoms with Gasteiger partial charge in [-0.05, 0) is 29.8 Å². The molecule has 3 rings (SSSR count). The van der Waals surface area contributed by atoms with Gasteiger partial charge in [0.25, 0.3) is 0 Å². The molecule has 0 amide bonds. The molecule has 1 N–H and O–H groups in total. The van der Waals surface area contributed by atoms with Crippen LogP contribution in [0.25, 0.3) is 22.0 Å². The lowest BCUT2D eigenvalue weighted by atomic mass is 10.0. The molecule has 0 radical (unpaired) electrons. The summed E-state index contributed by atoms with van der Waals surface area (Å²) < 4.78 is 1.71. The molecule has 0 unspecified atom stereocenters. The highest BCUT2D eigenvalue weighted by Crippen LogP contribution is 2.32. The highest BCUT2D eigenvalue weighted by molar-refractivity contribution is 5.96. The maximum Gasteiger partial charge on any atom is 0.352 e. The lowest BCUT2D eigenvalue weighted by Crippen LogP contribution is -2.09. The van der Waals surface area contributed by atoms with Gasteiger partial charge >= 0.3 is 5.97 Å². The van der Waals surface area contributed by atoms with E-state index in [9.17, 15) is 9.90 Å². The van der Waals surface area contributed by atoms with Crippen molar-refractivity contribution in [3.05, 3.63) is 54.2 Å². The SMILES string of the molecule is CN(C)c1ccccc1-c1ccc2c(c1)cc(C(=O)O)n2C. The van der Waals surface area contributed by atoms with Gasteiger partial charge in [0.05, 0.1) is 0 Å². The number of benzene rings is 2. The standard InChI is InChI=1S/C18H18N2O2/c1-19(2)16-7-5-4-6-14(16)12-8-9-15-13(10-12)11-17(18(21)22)20(15)3/h4-11H,1-3H3,(H,21,22). The van der Waals surface area contributed by atoms with Crippen molar-refractivity contribution in [2.75, 3.05) is 19.0 Å². The summed E-state index contributed by atoms with van der Waals surface area (Å²) in [5, 5.41) is 10.2. The molecule has 3 aromatic rings. The van der Waals surface area contributed by atoms with E-state index in [1.807, 2.05) is 44.4 Å². The van der Waals surface area contributed by atoms with Crippen LogP contribution in [0, 0.1) is 0 Å². The van der Waals surface area contributed by atoms with Gasteiger partial charge in [-0.15, -0.1) is 0 Å². The van der Waals surface area contributed by atoms with Crippen LogP contribution in [-0.4, -0.2) is 29.7 Å². The Bertz CT molecular complexity index is 863. The van der Waals surface area contributed by atoms with Crippen molar-refractivity contribution < 1.29 is 9.90 Å². The normalized spacial score (nSPS) is 10.9. The monoisotopic (exact) mass is 294 g/mol. The second kappa shape index (κ2) is 5.22. The van der Waals surface area contributed by atoms with Crippen molar-refractivity contribution >= 4 is 22.6 Å². The molecular formula is C18H18N2O2. The van der Waals surface area contributed by atoms with Gasteiger partial charge < -0.3 is 14.6 Å². The van der Waals surface area contributed by atoms with Gasteiger partial charge in [0.2, 0.25) is 0 Å². The number of para-hydroxylation sites is 1. The lowest BCUT2D eigenvalue weighted by Gasteiger charge is -2.17. The molecule has 112 valence electrons. The third-order valence-corrected chi connectivity index (χ3v) is 3.96. The first-order valence-electron chi connectivity index (χ1n) is 7.08. The summed E-state index contributed by atoms with van der Waals surface area (Å²) >= 11 is 0. The molecule has 4 nitrogen and oxygen atoms in total. The van der Waals surface area contributed by atoms with Crippen LogP contribution in [0.1, 0.15) is 10.5 Å². The topological polar surface area (TPSA) is 45.5 Å². The van der Waals surface area contributed by atoms with Gasteiger partial charge in [-0.3, -0.25) is 0 Å². The number of aryl methyl sites for hydroxylation is 1. The van der Waals surface area contributed by atoms with Crippen LogP contribution in [0.5, 0.6) is 0 Å². The van der Waals surface area contributed by atoms with Crippen molar-refractivity contribution in [2.24, 2.45) is 7.05 Å². The second-order valence-electron chi connectivity index (χ2n) is 5.58. The van der Waals surface area contributed by atoms with Crippen molar-refractivity contribution in [3.63, 3.8) is 0 Å².